The molecule has 2 aliphatic rings. The van der Waals surface area contributed by atoms with Gasteiger partial charge in [0.05, 0.1) is 11.4 Å². The lowest BCUT2D eigenvalue weighted by molar-refractivity contribution is -0.119. The van der Waals surface area contributed by atoms with Gasteiger partial charge in [0.15, 0.2) is 5.69 Å². The second kappa shape index (κ2) is 7.71. The van der Waals surface area contributed by atoms with Crippen molar-refractivity contribution in [3.05, 3.63) is 82.4 Å². The molecule has 32 heavy (non-hydrogen) atoms. The predicted octanol–water partition coefficient (Wildman–Crippen LogP) is 2.62. The minimum absolute atomic E-state index is 0.265. The molecular weight excluding hydrogens is 409 g/mol. The van der Waals surface area contributed by atoms with Crippen molar-refractivity contribution >= 4 is 23.2 Å². The van der Waals surface area contributed by atoms with Crippen LogP contribution in [0, 0.1) is 5.82 Å². The van der Waals surface area contributed by atoms with Crippen molar-refractivity contribution in [2.45, 2.75) is 25.4 Å². The number of halogens is 1. The van der Waals surface area contributed by atoms with E-state index in [0.29, 0.717) is 22.7 Å². The molecule has 5 rings (SSSR count). The van der Waals surface area contributed by atoms with Gasteiger partial charge in [0.25, 0.3) is 11.8 Å². The maximum absolute atomic E-state index is 14.7. The zero-order valence-electron chi connectivity index (χ0n) is 17.8. The first-order valence-electron chi connectivity index (χ1n) is 10.5. The highest BCUT2D eigenvalue weighted by Crippen LogP contribution is 2.29. The third-order valence-electron chi connectivity index (χ3n) is 6.07. The molecule has 1 N–H and O–H groups in total. The third kappa shape index (κ3) is 3.19. The summed E-state index contributed by atoms with van der Waals surface area (Å²) in [6.07, 6.45) is 1.41. The Labute approximate surface area is 184 Å². The van der Waals surface area contributed by atoms with E-state index in [1.165, 1.54) is 11.0 Å². The molecule has 0 bridgehead atoms. The summed E-state index contributed by atoms with van der Waals surface area (Å²) in [6, 6.07) is 13.5. The number of aliphatic imine (C=N–C) groups is 1. The number of nitrogens with one attached hydrogen (secondary N) is 1. The molecule has 1 aliphatic carbocycles. The number of hydrogen-bond acceptors (Lipinski definition) is 4. The van der Waals surface area contributed by atoms with Gasteiger partial charge in [-0.2, -0.15) is 5.10 Å². The van der Waals surface area contributed by atoms with Crippen molar-refractivity contribution in [2.24, 2.45) is 12.0 Å². The van der Waals surface area contributed by atoms with E-state index in [-0.39, 0.29) is 5.56 Å². The van der Waals surface area contributed by atoms with Gasteiger partial charge in [0.1, 0.15) is 5.82 Å². The Morgan fingerprint density at radius 3 is 2.56 bits per heavy atom. The number of benzodiazepines with no additional fused rings is 1. The summed E-state index contributed by atoms with van der Waals surface area (Å²) in [5.74, 6) is -1.33. The van der Waals surface area contributed by atoms with Crippen LogP contribution in [0.25, 0.3) is 0 Å². The quantitative estimate of drug-likeness (QED) is 0.692. The van der Waals surface area contributed by atoms with E-state index in [2.05, 4.69) is 15.4 Å². The number of carbonyl (C=O) groups excluding carboxylic acids is 2. The Kier molecular flexibility index (Phi) is 4.84. The summed E-state index contributed by atoms with van der Waals surface area (Å²) in [5.41, 5.74) is 4.07. The summed E-state index contributed by atoms with van der Waals surface area (Å²) >= 11 is 0. The number of fused-ring (bicyclic) bond motifs is 2. The van der Waals surface area contributed by atoms with E-state index < -0.39 is 23.8 Å². The Balaban J connectivity index is 1.59. The second-order valence-corrected chi connectivity index (χ2v) is 8.00. The van der Waals surface area contributed by atoms with Gasteiger partial charge in [0.2, 0.25) is 6.17 Å². The van der Waals surface area contributed by atoms with Crippen LogP contribution in [-0.4, -0.2) is 40.5 Å². The molecule has 0 saturated heterocycles. The molecule has 162 valence electrons. The molecule has 2 amide bonds. The van der Waals surface area contributed by atoms with Crippen LogP contribution in [0.3, 0.4) is 0 Å². The van der Waals surface area contributed by atoms with Crippen molar-refractivity contribution in [1.82, 2.24) is 15.1 Å². The maximum Gasteiger partial charge on any atom is 0.274 e. The zero-order valence-corrected chi connectivity index (χ0v) is 17.8. The number of amides is 2. The fraction of sp³-hybridized carbons (Fsp3) is 0.250. The smallest absolute Gasteiger partial charge is 0.274 e. The number of benzene rings is 2. The van der Waals surface area contributed by atoms with Gasteiger partial charge < -0.3 is 10.2 Å². The number of nitrogens with zero attached hydrogens (tertiary/aromatic N) is 4. The highest BCUT2D eigenvalue weighted by molar-refractivity contribution is 6.20. The fourth-order valence-electron chi connectivity index (χ4n) is 4.47. The lowest BCUT2D eigenvalue weighted by atomic mass is 10.00. The Morgan fingerprint density at radius 1 is 1.06 bits per heavy atom. The van der Waals surface area contributed by atoms with E-state index in [1.54, 1.807) is 48.1 Å². The highest BCUT2D eigenvalue weighted by Gasteiger charge is 2.33. The van der Waals surface area contributed by atoms with Crippen LogP contribution >= 0.6 is 0 Å². The Morgan fingerprint density at radius 2 is 1.78 bits per heavy atom. The highest BCUT2D eigenvalue weighted by atomic mass is 19.1. The molecule has 1 aromatic heterocycles. The van der Waals surface area contributed by atoms with E-state index in [1.807, 2.05) is 13.1 Å². The van der Waals surface area contributed by atoms with Gasteiger partial charge in [-0.25, -0.2) is 9.38 Å². The molecule has 8 heteroatoms. The SMILES string of the molecule is CN1C(=O)C(NC(=O)c2nn(C)c3c2CCC3)N=C(c2ccccc2F)c2ccccc21. The average molecular weight is 431 g/mol. The number of carbonyl (C=O) groups is 2. The normalized spacial score (nSPS) is 17.5. The van der Waals surface area contributed by atoms with E-state index in [9.17, 15) is 14.0 Å². The number of hydrogen-bond donors (Lipinski definition) is 1. The minimum atomic E-state index is -1.21. The number of likely N-dealkylation sites (N-methyl/N-ethyl adjacent to an activating group) is 1. The van der Waals surface area contributed by atoms with Gasteiger partial charge in [-0.1, -0.05) is 30.3 Å². The summed E-state index contributed by atoms with van der Waals surface area (Å²) in [7, 11) is 3.44. The summed E-state index contributed by atoms with van der Waals surface area (Å²) in [6.45, 7) is 0. The fourth-order valence-corrected chi connectivity index (χ4v) is 4.47. The number of anilines is 1. The first-order chi connectivity index (χ1) is 15.5. The van der Waals surface area contributed by atoms with Gasteiger partial charge in [0, 0.05) is 36.5 Å². The molecular formula is C24H22FN5O2. The van der Waals surface area contributed by atoms with Crippen LogP contribution < -0.4 is 10.2 Å². The molecule has 3 aromatic rings. The summed E-state index contributed by atoms with van der Waals surface area (Å²) in [5, 5.41) is 7.10. The molecule has 0 saturated carbocycles. The van der Waals surface area contributed by atoms with Crippen molar-refractivity contribution in [3.8, 4) is 0 Å². The van der Waals surface area contributed by atoms with Gasteiger partial charge in [-0.3, -0.25) is 14.3 Å². The average Bonchev–Trinajstić information content (AvgIpc) is 3.38. The van der Waals surface area contributed by atoms with Gasteiger partial charge in [-0.05, 0) is 37.5 Å². The zero-order chi connectivity index (χ0) is 22.4. The van der Waals surface area contributed by atoms with Crippen LogP contribution in [0.5, 0.6) is 0 Å². The van der Waals surface area contributed by atoms with Crippen molar-refractivity contribution in [2.75, 3.05) is 11.9 Å². The topological polar surface area (TPSA) is 79.6 Å². The number of para-hydroxylation sites is 1. The van der Waals surface area contributed by atoms with Crippen molar-refractivity contribution < 1.29 is 14.0 Å². The van der Waals surface area contributed by atoms with Crippen LogP contribution in [-0.2, 0) is 24.7 Å². The van der Waals surface area contributed by atoms with Crippen molar-refractivity contribution in [3.63, 3.8) is 0 Å². The number of aromatic nitrogens is 2. The summed E-state index contributed by atoms with van der Waals surface area (Å²) in [4.78, 5) is 32.4. The van der Waals surface area contributed by atoms with Crippen LogP contribution in [0.1, 0.15) is 39.3 Å². The van der Waals surface area contributed by atoms with Crippen molar-refractivity contribution in [1.29, 1.82) is 0 Å². The Hall–Kier alpha value is -3.81. The molecule has 2 heterocycles. The molecule has 1 unspecified atom stereocenters. The Bertz CT molecular complexity index is 1280. The lowest BCUT2D eigenvalue weighted by Crippen LogP contribution is -2.46. The molecule has 1 aliphatic heterocycles. The number of aryl methyl sites for hydroxylation is 1. The van der Waals surface area contributed by atoms with E-state index in [0.717, 1.165) is 30.5 Å². The molecule has 2 aromatic carbocycles. The molecule has 0 radical (unpaired) electrons. The molecule has 1 atom stereocenters. The monoisotopic (exact) mass is 431 g/mol. The number of rotatable bonds is 3. The van der Waals surface area contributed by atoms with E-state index in [4.69, 9.17) is 0 Å². The van der Waals surface area contributed by atoms with Gasteiger partial charge >= 0.3 is 0 Å². The molecule has 0 spiro atoms. The first kappa shape index (κ1) is 20.1. The predicted molar refractivity (Wildman–Crippen MR) is 118 cm³/mol. The minimum Gasteiger partial charge on any atom is -0.321 e. The van der Waals surface area contributed by atoms with Crippen LogP contribution in [0.2, 0.25) is 0 Å². The lowest BCUT2D eigenvalue weighted by Gasteiger charge is -2.20. The molecule has 7 nitrogen and oxygen atoms in total. The first-order valence-corrected chi connectivity index (χ1v) is 10.5. The second-order valence-electron chi connectivity index (χ2n) is 8.00. The standard InChI is InChI=1S/C24H22FN5O2/c1-29-18-12-6-4-9-15(18)20(14-8-3-5-11-17(14)25)26-22(24(29)32)27-23(31)21-16-10-7-13-19(16)30(2)28-21/h3-6,8-9,11-12,22H,7,10,13H2,1-2H3,(H,27,31). The third-order valence-corrected chi connectivity index (χ3v) is 6.07. The van der Waals surface area contributed by atoms with Gasteiger partial charge in [-0.15, -0.1) is 0 Å². The molecule has 0 fully saturated rings. The van der Waals surface area contributed by atoms with Crippen LogP contribution in [0.15, 0.2) is 53.5 Å². The van der Waals surface area contributed by atoms with Crippen LogP contribution in [0.4, 0.5) is 10.1 Å². The summed E-state index contributed by atoms with van der Waals surface area (Å²) < 4.78 is 16.4. The van der Waals surface area contributed by atoms with E-state index >= 15 is 0 Å². The maximum atomic E-state index is 14.7. The largest absolute Gasteiger partial charge is 0.321 e.